The number of sulfonamides is 1. The first-order valence-electron chi connectivity index (χ1n) is 12.2. The van der Waals surface area contributed by atoms with Crippen LogP contribution in [0.1, 0.15) is 32.6 Å². The van der Waals surface area contributed by atoms with Crippen molar-refractivity contribution in [3.8, 4) is 5.75 Å². The zero-order chi connectivity index (χ0) is 30.7. The number of halogens is 6. The Balaban J connectivity index is 1.52. The van der Waals surface area contributed by atoms with E-state index in [9.17, 15) is 35.9 Å². The quantitative estimate of drug-likeness (QED) is 0.190. The van der Waals surface area contributed by atoms with E-state index in [1.807, 2.05) is 0 Å². The molecule has 0 saturated heterocycles. The third-order valence-electron chi connectivity index (χ3n) is 6.19. The fraction of sp³-hybridized carbons (Fsp3) is 0.138. The Morgan fingerprint density at radius 3 is 1.90 bits per heavy atom. The fourth-order valence-electron chi connectivity index (χ4n) is 3.96. The smallest absolute Gasteiger partial charge is 0.416 e. The minimum absolute atomic E-state index is 0.00585. The van der Waals surface area contributed by atoms with Crippen LogP contribution < -0.4 is 5.32 Å². The van der Waals surface area contributed by atoms with E-state index in [1.165, 1.54) is 66.7 Å². The van der Waals surface area contributed by atoms with Gasteiger partial charge in [0.25, 0.3) is 5.91 Å². The second-order valence-electron chi connectivity index (χ2n) is 9.21. The molecule has 0 bridgehead atoms. The highest BCUT2D eigenvalue weighted by atomic mass is 35.5. The number of alkyl halides is 3. The molecule has 0 saturated carbocycles. The van der Waals surface area contributed by atoms with Crippen LogP contribution in [-0.2, 0) is 35.8 Å². The van der Waals surface area contributed by atoms with Crippen molar-refractivity contribution in [2.24, 2.45) is 0 Å². The van der Waals surface area contributed by atoms with E-state index >= 15 is 0 Å². The molecule has 0 spiro atoms. The first-order valence-corrected chi connectivity index (χ1v) is 14.4. The lowest BCUT2D eigenvalue weighted by molar-refractivity contribution is -0.137. The normalized spacial score (nSPS) is 12.0. The lowest BCUT2D eigenvalue weighted by atomic mass is 10.1. The molecule has 4 rings (SSSR count). The molecule has 13 heteroatoms. The van der Waals surface area contributed by atoms with Gasteiger partial charge >= 0.3 is 6.18 Å². The number of hydrogen-bond donors (Lipinski definition) is 2. The number of phenols is 1. The van der Waals surface area contributed by atoms with Crippen LogP contribution in [-0.4, -0.2) is 23.7 Å². The third kappa shape index (κ3) is 7.60. The fourth-order valence-corrected chi connectivity index (χ4v) is 6.12. The standard InChI is InChI=1S/C29H22Cl2F4N2O4S/c30-23-13-25(31)27(38)26(14-23)42(40,41)37(17-20-5-11-24(32)12-6-20)16-19-1-7-21(8-2-19)28(39)36-15-18-3-9-22(10-4-18)29(33,34)35/h1-14,38H,15-17H2,(H,36,39). The number of nitrogens with one attached hydrogen (secondary N) is 1. The van der Waals surface area contributed by atoms with Crippen LogP contribution in [0, 0.1) is 5.82 Å². The molecule has 0 unspecified atom stereocenters. The zero-order valence-electron chi connectivity index (χ0n) is 21.5. The summed E-state index contributed by atoms with van der Waals surface area (Å²) in [4.78, 5) is 12.1. The summed E-state index contributed by atoms with van der Waals surface area (Å²) in [6, 6.07) is 17.9. The van der Waals surface area contributed by atoms with Gasteiger partial charge in [-0.2, -0.15) is 17.5 Å². The molecule has 1 amide bonds. The van der Waals surface area contributed by atoms with Crippen LogP contribution in [0.15, 0.2) is 89.8 Å². The highest BCUT2D eigenvalue weighted by Gasteiger charge is 2.31. The van der Waals surface area contributed by atoms with Crippen LogP contribution in [0.3, 0.4) is 0 Å². The maximum Gasteiger partial charge on any atom is 0.416 e. The first kappa shape index (κ1) is 31.3. The Labute approximate surface area is 249 Å². The molecule has 220 valence electrons. The third-order valence-corrected chi connectivity index (χ3v) is 8.50. The van der Waals surface area contributed by atoms with E-state index in [0.717, 1.165) is 22.5 Å². The van der Waals surface area contributed by atoms with Gasteiger partial charge < -0.3 is 10.4 Å². The lowest BCUT2D eigenvalue weighted by Crippen LogP contribution is -2.30. The molecule has 42 heavy (non-hydrogen) atoms. The molecule has 0 atom stereocenters. The number of phenolic OH excluding ortho intramolecular Hbond substituents is 1. The number of amides is 1. The van der Waals surface area contributed by atoms with Crippen molar-refractivity contribution < 1.29 is 35.9 Å². The summed E-state index contributed by atoms with van der Waals surface area (Å²) in [6.07, 6.45) is -4.46. The number of aromatic hydroxyl groups is 1. The summed E-state index contributed by atoms with van der Waals surface area (Å²) in [7, 11) is -4.39. The molecule has 0 aliphatic carbocycles. The number of carbonyl (C=O) groups excluding carboxylic acids is 1. The Bertz CT molecular complexity index is 1680. The van der Waals surface area contributed by atoms with Gasteiger partial charge in [-0.25, -0.2) is 12.8 Å². The van der Waals surface area contributed by atoms with E-state index in [2.05, 4.69) is 5.32 Å². The van der Waals surface area contributed by atoms with Crippen molar-refractivity contribution >= 4 is 39.1 Å². The molecular formula is C29H22Cl2F4N2O4S. The van der Waals surface area contributed by atoms with Crippen molar-refractivity contribution in [1.29, 1.82) is 0 Å². The SMILES string of the molecule is O=C(NCc1ccc(C(F)(F)F)cc1)c1ccc(CN(Cc2ccc(F)cc2)S(=O)(=O)c2cc(Cl)cc(Cl)c2O)cc1. The molecule has 0 radical (unpaired) electrons. The van der Waals surface area contributed by atoms with Gasteiger partial charge in [0.1, 0.15) is 10.7 Å². The zero-order valence-corrected chi connectivity index (χ0v) is 23.8. The molecular weight excluding hydrogens is 619 g/mol. The number of nitrogens with zero attached hydrogens (tertiary/aromatic N) is 1. The molecule has 2 N–H and O–H groups in total. The summed E-state index contributed by atoms with van der Waals surface area (Å²) in [5, 5.41) is 12.8. The summed E-state index contributed by atoms with van der Waals surface area (Å²) >= 11 is 12.0. The minimum atomic E-state index is -4.46. The van der Waals surface area contributed by atoms with E-state index in [-0.39, 0.29) is 35.2 Å². The maximum atomic E-state index is 13.7. The van der Waals surface area contributed by atoms with Crippen molar-refractivity contribution in [2.75, 3.05) is 0 Å². The van der Waals surface area contributed by atoms with Crippen molar-refractivity contribution in [2.45, 2.75) is 30.7 Å². The van der Waals surface area contributed by atoms with E-state index < -0.39 is 44.1 Å². The average Bonchev–Trinajstić information content (AvgIpc) is 2.94. The highest BCUT2D eigenvalue weighted by Crippen LogP contribution is 2.36. The van der Waals surface area contributed by atoms with Gasteiger partial charge in [-0.3, -0.25) is 4.79 Å². The molecule has 0 aromatic heterocycles. The monoisotopic (exact) mass is 640 g/mol. The predicted molar refractivity (Wildman–Crippen MR) is 150 cm³/mol. The topological polar surface area (TPSA) is 86.7 Å². The Kier molecular flexibility index (Phi) is 9.47. The summed E-state index contributed by atoms with van der Waals surface area (Å²) < 4.78 is 80.1. The van der Waals surface area contributed by atoms with Crippen molar-refractivity contribution in [3.05, 3.63) is 129 Å². The van der Waals surface area contributed by atoms with Gasteiger partial charge in [-0.1, -0.05) is 59.6 Å². The van der Waals surface area contributed by atoms with Gasteiger partial charge in [0, 0.05) is 30.2 Å². The average molecular weight is 641 g/mol. The first-order chi connectivity index (χ1) is 19.7. The van der Waals surface area contributed by atoms with Gasteiger partial charge in [-0.05, 0) is 65.2 Å². The highest BCUT2D eigenvalue weighted by molar-refractivity contribution is 7.89. The van der Waals surface area contributed by atoms with Crippen molar-refractivity contribution in [3.63, 3.8) is 0 Å². The van der Waals surface area contributed by atoms with Gasteiger partial charge in [0.05, 0.1) is 10.6 Å². The number of hydrogen-bond acceptors (Lipinski definition) is 4. The van der Waals surface area contributed by atoms with E-state index in [0.29, 0.717) is 16.7 Å². The van der Waals surface area contributed by atoms with Gasteiger partial charge in [-0.15, -0.1) is 0 Å². The minimum Gasteiger partial charge on any atom is -0.505 e. The Hall–Kier alpha value is -3.64. The second-order valence-corrected chi connectivity index (χ2v) is 12.0. The van der Waals surface area contributed by atoms with Crippen LogP contribution in [0.25, 0.3) is 0 Å². The molecule has 0 fully saturated rings. The number of carbonyl (C=O) groups is 1. The van der Waals surface area contributed by atoms with E-state index in [4.69, 9.17) is 23.2 Å². The van der Waals surface area contributed by atoms with Crippen LogP contribution in [0.2, 0.25) is 10.0 Å². The Morgan fingerprint density at radius 1 is 0.833 bits per heavy atom. The van der Waals surface area contributed by atoms with Crippen LogP contribution in [0.4, 0.5) is 17.6 Å². The second kappa shape index (κ2) is 12.7. The lowest BCUT2D eigenvalue weighted by Gasteiger charge is -2.23. The van der Waals surface area contributed by atoms with E-state index in [1.54, 1.807) is 0 Å². The molecule has 4 aromatic carbocycles. The van der Waals surface area contributed by atoms with Gasteiger partial charge in [0.15, 0.2) is 5.75 Å². The van der Waals surface area contributed by atoms with Crippen LogP contribution in [0.5, 0.6) is 5.75 Å². The summed E-state index contributed by atoms with van der Waals surface area (Å²) in [5.41, 5.74) is 0.855. The molecule has 6 nitrogen and oxygen atoms in total. The number of rotatable bonds is 9. The van der Waals surface area contributed by atoms with Gasteiger partial charge in [0.2, 0.25) is 10.0 Å². The van der Waals surface area contributed by atoms with Crippen molar-refractivity contribution in [1.82, 2.24) is 9.62 Å². The number of benzene rings is 4. The molecule has 4 aromatic rings. The summed E-state index contributed by atoms with van der Waals surface area (Å²) in [5.74, 6) is -1.67. The molecule has 0 aliphatic rings. The Morgan fingerprint density at radius 2 is 1.36 bits per heavy atom. The maximum absolute atomic E-state index is 13.7. The summed E-state index contributed by atoms with van der Waals surface area (Å²) in [6.45, 7) is -0.396. The van der Waals surface area contributed by atoms with Crippen LogP contribution >= 0.6 is 23.2 Å². The largest absolute Gasteiger partial charge is 0.505 e. The predicted octanol–water partition coefficient (Wildman–Crippen LogP) is 7.18. The molecule has 0 aliphatic heterocycles. The molecule has 0 heterocycles.